The second-order valence-corrected chi connectivity index (χ2v) is 2.59. The van der Waals surface area contributed by atoms with Crippen LogP contribution in [0.2, 0.25) is 0 Å². The number of hydrogen-bond acceptors (Lipinski definition) is 4. The summed E-state index contributed by atoms with van der Waals surface area (Å²) in [6.45, 7) is -0.930. The lowest BCUT2D eigenvalue weighted by Gasteiger charge is -2.35. The van der Waals surface area contributed by atoms with Crippen LogP contribution in [0.1, 0.15) is 6.42 Å². The Morgan fingerprint density at radius 3 is 2.64 bits per heavy atom. The van der Waals surface area contributed by atoms with Crippen molar-refractivity contribution in [3.8, 4) is 0 Å². The summed E-state index contributed by atoms with van der Waals surface area (Å²) >= 11 is 0. The van der Waals surface area contributed by atoms with E-state index in [2.05, 4.69) is 4.74 Å². The highest BCUT2D eigenvalue weighted by Crippen LogP contribution is 2.26. The van der Waals surface area contributed by atoms with Crippen molar-refractivity contribution < 1.29 is 24.4 Å². The lowest BCUT2D eigenvalue weighted by Crippen LogP contribution is -2.54. The summed E-state index contributed by atoms with van der Waals surface area (Å²) in [5, 5.41) is 26.4. The van der Waals surface area contributed by atoms with Crippen LogP contribution in [0.5, 0.6) is 0 Å². The van der Waals surface area contributed by atoms with Gasteiger partial charge in [0.2, 0.25) is 0 Å². The molecule has 0 bridgehead atoms. The molecule has 0 spiro atoms. The third-order valence-electron chi connectivity index (χ3n) is 1.78. The monoisotopic (exact) mass is 166 g/mol. The molecule has 0 amide bonds. The molecule has 3 atom stereocenters. The molecule has 1 fully saturated rings. The second-order valence-electron chi connectivity index (χ2n) is 2.59. The van der Waals surface area contributed by atoms with Crippen molar-refractivity contribution in [2.45, 2.75) is 24.5 Å². The molecule has 3 unspecified atom stereocenters. The van der Waals surface area contributed by atoms with E-state index >= 15 is 0 Å². The summed E-state index contributed by atoms with van der Waals surface area (Å²) in [4.78, 5) is 0. The molecule has 1 aliphatic rings. The van der Waals surface area contributed by atoms with Crippen LogP contribution in [0.4, 0.5) is 4.39 Å². The summed E-state index contributed by atoms with van der Waals surface area (Å²) < 4.78 is 17.5. The Labute approximate surface area is 63.2 Å². The molecule has 11 heavy (non-hydrogen) atoms. The van der Waals surface area contributed by atoms with Gasteiger partial charge in [0.15, 0.2) is 0 Å². The molecule has 0 radical (unpaired) electrons. The third-order valence-corrected chi connectivity index (χ3v) is 1.78. The predicted octanol–water partition coefficient (Wildman–Crippen LogP) is -1.21. The molecule has 0 aromatic heterocycles. The lowest BCUT2D eigenvalue weighted by atomic mass is 10.0. The maximum Gasteiger partial charge on any atom is 0.261 e. The van der Waals surface area contributed by atoms with Crippen molar-refractivity contribution >= 4 is 0 Å². The first-order valence-electron chi connectivity index (χ1n) is 3.40. The first-order chi connectivity index (χ1) is 5.10. The van der Waals surface area contributed by atoms with E-state index < -0.39 is 24.7 Å². The Morgan fingerprint density at radius 2 is 2.18 bits per heavy atom. The second kappa shape index (κ2) is 3.02. The van der Waals surface area contributed by atoms with E-state index in [1.165, 1.54) is 0 Å². The number of aliphatic hydroxyl groups is 3. The van der Waals surface area contributed by atoms with Crippen molar-refractivity contribution in [2.75, 3.05) is 13.2 Å². The van der Waals surface area contributed by atoms with Crippen LogP contribution in [0.15, 0.2) is 0 Å². The van der Waals surface area contributed by atoms with E-state index in [4.69, 9.17) is 15.3 Å². The molecule has 1 saturated heterocycles. The van der Waals surface area contributed by atoms with Gasteiger partial charge >= 0.3 is 0 Å². The van der Waals surface area contributed by atoms with Crippen molar-refractivity contribution in [1.82, 2.24) is 0 Å². The lowest BCUT2D eigenvalue weighted by molar-refractivity contribution is -0.273. The highest BCUT2D eigenvalue weighted by atomic mass is 19.2. The van der Waals surface area contributed by atoms with E-state index in [1.54, 1.807) is 0 Å². The van der Waals surface area contributed by atoms with Gasteiger partial charge in [0.25, 0.3) is 5.85 Å². The van der Waals surface area contributed by atoms with E-state index in [9.17, 15) is 4.39 Å². The summed E-state index contributed by atoms with van der Waals surface area (Å²) in [6.07, 6.45) is -2.62. The zero-order valence-corrected chi connectivity index (χ0v) is 5.90. The SMILES string of the molecule is OCC1(F)OCCC(O)C1O. The van der Waals surface area contributed by atoms with Crippen LogP contribution >= 0.6 is 0 Å². The minimum atomic E-state index is -2.49. The normalized spacial score (nSPS) is 45.8. The quantitative estimate of drug-likeness (QED) is 0.457. The molecular weight excluding hydrogens is 155 g/mol. The topological polar surface area (TPSA) is 69.9 Å². The maximum atomic E-state index is 13.1. The molecule has 4 nitrogen and oxygen atoms in total. The minimum absolute atomic E-state index is 0.00921. The first kappa shape index (κ1) is 8.86. The Morgan fingerprint density at radius 1 is 1.55 bits per heavy atom. The zero-order valence-electron chi connectivity index (χ0n) is 5.90. The van der Waals surface area contributed by atoms with Gasteiger partial charge in [-0.15, -0.1) is 0 Å². The number of halogens is 1. The number of rotatable bonds is 1. The maximum absolute atomic E-state index is 13.1. The molecular formula is C6H11FO4. The van der Waals surface area contributed by atoms with Gasteiger partial charge in [-0.3, -0.25) is 0 Å². The average Bonchev–Trinajstić information content (AvgIpc) is 2.00. The van der Waals surface area contributed by atoms with E-state index in [1.807, 2.05) is 0 Å². The summed E-state index contributed by atoms with van der Waals surface area (Å²) in [5.74, 6) is -2.49. The average molecular weight is 166 g/mol. The molecule has 1 rings (SSSR count). The standard InChI is InChI=1S/C6H11FO4/c7-6(3-8)5(10)4(9)1-2-11-6/h4-5,8-10H,1-3H2. The van der Waals surface area contributed by atoms with Crippen LogP contribution in [0.25, 0.3) is 0 Å². The van der Waals surface area contributed by atoms with Crippen molar-refractivity contribution in [3.63, 3.8) is 0 Å². The zero-order chi connectivity index (χ0) is 8.48. The number of hydrogen-bond donors (Lipinski definition) is 3. The van der Waals surface area contributed by atoms with Crippen LogP contribution in [-0.4, -0.2) is 46.6 Å². The van der Waals surface area contributed by atoms with E-state index in [0.717, 1.165) is 0 Å². The fraction of sp³-hybridized carbons (Fsp3) is 1.00. The Hall–Kier alpha value is -0.230. The van der Waals surface area contributed by atoms with Crippen molar-refractivity contribution in [1.29, 1.82) is 0 Å². The number of alkyl halides is 1. The molecule has 5 heteroatoms. The van der Waals surface area contributed by atoms with Gasteiger partial charge in [0, 0.05) is 0 Å². The van der Waals surface area contributed by atoms with E-state index in [0.29, 0.717) is 0 Å². The summed E-state index contributed by atoms with van der Waals surface area (Å²) in [5.41, 5.74) is 0. The predicted molar refractivity (Wildman–Crippen MR) is 33.5 cm³/mol. The van der Waals surface area contributed by atoms with Gasteiger partial charge < -0.3 is 20.1 Å². The Bertz CT molecular complexity index is 143. The molecule has 1 heterocycles. The number of aliphatic hydroxyl groups excluding tert-OH is 3. The molecule has 66 valence electrons. The largest absolute Gasteiger partial charge is 0.390 e. The Balaban J connectivity index is 2.64. The summed E-state index contributed by atoms with van der Waals surface area (Å²) in [7, 11) is 0. The van der Waals surface area contributed by atoms with E-state index in [-0.39, 0.29) is 13.0 Å². The van der Waals surface area contributed by atoms with Crippen molar-refractivity contribution in [3.05, 3.63) is 0 Å². The highest BCUT2D eigenvalue weighted by molar-refractivity contribution is 4.86. The summed E-state index contributed by atoms with van der Waals surface area (Å²) in [6, 6.07) is 0. The Kier molecular flexibility index (Phi) is 2.43. The van der Waals surface area contributed by atoms with Gasteiger partial charge in [-0.1, -0.05) is 0 Å². The fourth-order valence-corrected chi connectivity index (χ4v) is 1.02. The van der Waals surface area contributed by atoms with Crippen LogP contribution in [-0.2, 0) is 4.74 Å². The smallest absolute Gasteiger partial charge is 0.261 e. The van der Waals surface area contributed by atoms with Crippen LogP contribution in [0, 0.1) is 0 Å². The molecule has 0 aromatic carbocycles. The first-order valence-corrected chi connectivity index (χ1v) is 3.40. The molecule has 3 N–H and O–H groups in total. The molecule has 1 aliphatic heterocycles. The van der Waals surface area contributed by atoms with Crippen LogP contribution < -0.4 is 0 Å². The van der Waals surface area contributed by atoms with Gasteiger partial charge in [-0.2, -0.15) is 0 Å². The van der Waals surface area contributed by atoms with Crippen LogP contribution in [0.3, 0.4) is 0 Å². The third kappa shape index (κ3) is 1.51. The van der Waals surface area contributed by atoms with Gasteiger partial charge in [0.1, 0.15) is 12.7 Å². The number of ether oxygens (including phenoxy) is 1. The van der Waals surface area contributed by atoms with Crippen molar-refractivity contribution in [2.24, 2.45) is 0 Å². The molecule has 0 aliphatic carbocycles. The molecule has 0 saturated carbocycles. The highest BCUT2D eigenvalue weighted by Gasteiger charge is 2.46. The van der Waals surface area contributed by atoms with Gasteiger partial charge in [-0.25, -0.2) is 4.39 Å². The van der Waals surface area contributed by atoms with Gasteiger partial charge in [-0.05, 0) is 6.42 Å². The van der Waals surface area contributed by atoms with Gasteiger partial charge in [0.05, 0.1) is 12.7 Å². The minimum Gasteiger partial charge on any atom is -0.390 e. The molecule has 0 aromatic rings. The fourth-order valence-electron chi connectivity index (χ4n) is 1.02.